The Balaban J connectivity index is 2.14. The number of ketones is 1. The van der Waals surface area contributed by atoms with Crippen LogP contribution in [0.15, 0.2) is 40.5 Å². The minimum atomic E-state index is -0.359. The predicted octanol–water partition coefficient (Wildman–Crippen LogP) is 3.74. The van der Waals surface area contributed by atoms with Gasteiger partial charge in [-0.05, 0) is 39.2 Å². The first kappa shape index (κ1) is 16.6. The van der Waals surface area contributed by atoms with Crippen LogP contribution in [0.4, 0.5) is 0 Å². The normalized spacial score (nSPS) is 23.6. The van der Waals surface area contributed by atoms with Gasteiger partial charge < -0.3 is 4.74 Å². The number of esters is 1. The molecule has 0 N–H and O–H groups in total. The number of ether oxygens (including phenoxy) is 1. The highest BCUT2D eigenvalue weighted by molar-refractivity contribution is 6.11. The third kappa shape index (κ3) is 2.93. The molecule has 0 radical (unpaired) electrons. The lowest BCUT2D eigenvalue weighted by Crippen LogP contribution is -2.39. The zero-order chi connectivity index (χ0) is 17.3. The van der Waals surface area contributed by atoms with E-state index in [2.05, 4.69) is 4.99 Å². The van der Waals surface area contributed by atoms with E-state index in [1.54, 1.807) is 6.92 Å². The number of carbonyl (C=O) groups excluding carboxylic acids is 2. The van der Waals surface area contributed by atoms with Gasteiger partial charge in [-0.15, -0.1) is 0 Å². The quantitative estimate of drug-likeness (QED) is 0.796. The number of Topliss-reactive ketones (excluding diaryl/α,β-unsaturated/α-hetero) is 1. The smallest absolute Gasteiger partial charge is 0.336 e. The van der Waals surface area contributed by atoms with Gasteiger partial charge >= 0.3 is 5.97 Å². The lowest BCUT2D eigenvalue weighted by molar-refractivity contribution is -0.139. The van der Waals surface area contributed by atoms with Gasteiger partial charge in [-0.25, -0.2) is 4.79 Å². The number of fused-ring (bicyclic) bond motifs is 1. The Bertz CT molecular complexity index is 728. The van der Waals surface area contributed by atoms with Crippen molar-refractivity contribution in [1.29, 1.82) is 0 Å². The van der Waals surface area contributed by atoms with Crippen molar-refractivity contribution >= 4 is 17.5 Å². The molecule has 4 heteroatoms. The highest BCUT2D eigenvalue weighted by Crippen LogP contribution is 2.43. The van der Waals surface area contributed by atoms with Crippen LogP contribution in [0.1, 0.15) is 50.2 Å². The number of rotatable bonds is 3. The molecule has 4 nitrogen and oxygen atoms in total. The fourth-order valence-electron chi connectivity index (χ4n) is 3.73. The number of hydrogen-bond donors (Lipinski definition) is 0. The topological polar surface area (TPSA) is 55.7 Å². The van der Waals surface area contributed by atoms with Gasteiger partial charge in [-0.1, -0.05) is 29.8 Å². The molecule has 0 spiro atoms. The predicted molar refractivity (Wildman–Crippen MR) is 93.0 cm³/mol. The largest absolute Gasteiger partial charge is 0.463 e. The van der Waals surface area contributed by atoms with Crippen molar-refractivity contribution in [1.82, 2.24) is 0 Å². The van der Waals surface area contributed by atoms with E-state index < -0.39 is 0 Å². The zero-order valence-electron chi connectivity index (χ0n) is 14.5. The number of carbonyl (C=O) groups is 2. The van der Waals surface area contributed by atoms with Crippen LogP contribution in [0.5, 0.6) is 0 Å². The van der Waals surface area contributed by atoms with Crippen molar-refractivity contribution in [3.63, 3.8) is 0 Å². The first-order chi connectivity index (χ1) is 11.5. The first-order valence-corrected chi connectivity index (χ1v) is 8.57. The molecule has 2 atom stereocenters. The number of benzene rings is 1. The molecule has 1 aliphatic heterocycles. The molecule has 0 saturated heterocycles. The molecular formula is C20H23NO3. The molecule has 0 aromatic heterocycles. The van der Waals surface area contributed by atoms with Crippen LogP contribution in [0, 0.1) is 12.8 Å². The van der Waals surface area contributed by atoms with E-state index >= 15 is 0 Å². The lowest BCUT2D eigenvalue weighted by atomic mass is 9.69. The van der Waals surface area contributed by atoms with Gasteiger partial charge in [0.1, 0.15) is 5.78 Å². The minimum absolute atomic E-state index is 0.180. The monoisotopic (exact) mass is 325 g/mol. The maximum absolute atomic E-state index is 12.7. The SMILES string of the molecule is CCOC(=O)C1=C(C)N=C2CCCC(=O)[C@@H]2[C@@H]1c1ccc(C)cc1. The molecule has 1 aliphatic carbocycles. The van der Waals surface area contributed by atoms with Crippen molar-refractivity contribution in [3.05, 3.63) is 46.7 Å². The molecule has 2 aliphatic rings. The van der Waals surface area contributed by atoms with Gasteiger partial charge in [0.15, 0.2) is 0 Å². The fraction of sp³-hybridized carbons (Fsp3) is 0.450. The Hall–Kier alpha value is -2.23. The van der Waals surface area contributed by atoms with Crippen molar-refractivity contribution in [3.8, 4) is 0 Å². The molecule has 1 heterocycles. The summed E-state index contributed by atoms with van der Waals surface area (Å²) in [4.78, 5) is 29.8. The molecule has 0 bridgehead atoms. The fourth-order valence-corrected chi connectivity index (χ4v) is 3.73. The van der Waals surface area contributed by atoms with Crippen LogP contribution < -0.4 is 0 Å². The Morgan fingerprint density at radius 3 is 2.54 bits per heavy atom. The summed E-state index contributed by atoms with van der Waals surface area (Å²) in [5.74, 6) is -0.795. The Morgan fingerprint density at radius 1 is 1.17 bits per heavy atom. The third-order valence-corrected chi connectivity index (χ3v) is 4.84. The molecule has 1 aromatic carbocycles. The summed E-state index contributed by atoms with van der Waals surface area (Å²) < 4.78 is 5.26. The van der Waals surface area contributed by atoms with Gasteiger partial charge in [0.2, 0.25) is 0 Å². The van der Waals surface area contributed by atoms with Crippen LogP contribution in [0.25, 0.3) is 0 Å². The molecule has 0 unspecified atom stereocenters. The van der Waals surface area contributed by atoms with Crippen LogP contribution >= 0.6 is 0 Å². The maximum atomic E-state index is 12.7. The molecule has 1 fully saturated rings. The molecule has 1 aromatic rings. The summed E-state index contributed by atoms with van der Waals surface area (Å²) in [7, 11) is 0. The lowest BCUT2D eigenvalue weighted by Gasteiger charge is -2.35. The summed E-state index contributed by atoms with van der Waals surface area (Å²) in [5.41, 5.74) is 4.26. The molecule has 0 amide bonds. The van der Waals surface area contributed by atoms with Crippen molar-refractivity contribution in [2.75, 3.05) is 6.61 Å². The molecule has 126 valence electrons. The second-order valence-corrected chi connectivity index (χ2v) is 6.51. The van der Waals surface area contributed by atoms with Crippen LogP contribution in [0.3, 0.4) is 0 Å². The van der Waals surface area contributed by atoms with E-state index in [1.165, 1.54) is 0 Å². The van der Waals surface area contributed by atoms with Gasteiger partial charge in [-0.2, -0.15) is 0 Å². The Kier molecular flexibility index (Phi) is 4.65. The summed E-state index contributed by atoms with van der Waals surface area (Å²) >= 11 is 0. The van der Waals surface area contributed by atoms with Gasteiger partial charge in [0, 0.05) is 23.7 Å². The van der Waals surface area contributed by atoms with E-state index in [4.69, 9.17) is 4.74 Å². The summed E-state index contributed by atoms with van der Waals surface area (Å²) in [6, 6.07) is 8.06. The number of aryl methyl sites for hydroxylation is 1. The van der Waals surface area contributed by atoms with Crippen molar-refractivity contribution < 1.29 is 14.3 Å². The van der Waals surface area contributed by atoms with E-state index in [0.29, 0.717) is 24.3 Å². The van der Waals surface area contributed by atoms with E-state index in [9.17, 15) is 9.59 Å². The van der Waals surface area contributed by atoms with E-state index in [0.717, 1.165) is 29.7 Å². The number of hydrogen-bond acceptors (Lipinski definition) is 4. The highest BCUT2D eigenvalue weighted by Gasteiger charge is 2.43. The van der Waals surface area contributed by atoms with E-state index in [1.807, 2.05) is 38.1 Å². The molecule has 3 rings (SSSR count). The van der Waals surface area contributed by atoms with Gasteiger partial charge in [0.25, 0.3) is 0 Å². The maximum Gasteiger partial charge on any atom is 0.336 e. The standard InChI is InChI=1S/C20H23NO3/c1-4-24-20(23)17-13(3)21-15-6-5-7-16(22)19(15)18(17)14-10-8-12(2)9-11-14/h8-11,18-19H,4-7H2,1-3H3/t18-,19-/m1/s1. The number of nitrogens with zero attached hydrogens (tertiary/aromatic N) is 1. The zero-order valence-corrected chi connectivity index (χ0v) is 14.5. The van der Waals surface area contributed by atoms with Gasteiger partial charge in [-0.3, -0.25) is 9.79 Å². The highest BCUT2D eigenvalue weighted by atomic mass is 16.5. The van der Waals surface area contributed by atoms with Crippen molar-refractivity contribution in [2.45, 2.75) is 46.0 Å². The van der Waals surface area contributed by atoms with E-state index in [-0.39, 0.29) is 23.6 Å². The summed E-state index contributed by atoms with van der Waals surface area (Å²) in [5, 5.41) is 0. The minimum Gasteiger partial charge on any atom is -0.463 e. The van der Waals surface area contributed by atoms with Crippen LogP contribution in [-0.4, -0.2) is 24.1 Å². The van der Waals surface area contributed by atoms with Crippen molar-refractivity contribution in [2.24, 2.45) is 10.9 Å². The van der Waals surface area contributed by atoms with Crippen LogP contribution in [0.2, 0.25) is 0 Å². The number of aliphatic imine (C=N–C) groups is 1. The molecule has 24 heavy (non-hydrogen) atoms. The molecule has 1 saturated carbocycles. The summed E-state index contributed by atoms with van der Waals surface area (Å²) in [6.45, 7) is 5.97. The number of allylic oxidation sites excluding steroid dienone is 1. The average Bonchev–Trinajstić information content (AvgIpc) is 2.55. The Labute approximate surface area is 142 Å². The molecular weight excluding hydrogens is 302 g/mol. The van der Waals surface area contributed by atoms with Crippen LogP contribution in [-0.2, 0) is 14.3 Å². The first-order valence-electron chi connectivity index (χ1n) is 8.57. The Morgan fingerprint density at radius 2 is 1.88 bits per heavy atom. The third-order valence-electron chi connectivity index (χ3n) is 4.84. The summed E-state index contributed by atoms with van der Waals surface area (Å²) in [6.07, 6.45) is 2.23. The van der Waals surface area contributed by atoms with Gasteiger partial charge in [0.05, 0.1) is 18.1 Å². The average molecular weight is 325 g/mol. The second kappa shape index (κ2) is 6.71. The second-order valence-electron chi connectivity index (χ2n) is 6.51.